The van der Waals surface area contributed by atoms with Gasteiger partial charge < -0.3 is 18.9 Å². The summed E-state index contributed by atoms with van der Waals surface area (Å²) in [5.74, 6) is 1.45. The van der Waals surface area contributed by atoms with Gasteiger partial charge in [0.2, 0.25) is 0 Å². The third kappa shape index (κ3) is 7.86. The summed E-state index contributed by atoms with van der Waals surface area (Å²) < 4.78 is 38.4. The van der Waals surface area contributed by atoms with E-state index in [4.69, 9.17) is 26.6 Å². The summed E-state index contributed by atoms with van der Waals surface area (Å²) in [4.78, 5) is 28.9. The minimum absolute atomic E-state index is 0.327. The van der Waals surface area contributed by atoms with E-state index in [9.17, 15) is 4.79 Å². The molecule has 0 bridgehead atoms. The molecule has 0 spiro atoms. The van der Waals surface area contributed by atoms with Crippen molar-refractivity contribution in [2.24, 2.45) is 0 Å². The molecular formula is C32H30N4O7Se. The van der Waals surface area contributed by atoms with Crippen LogP contribution in [0, 0.1) is 6.92 Å². The molecule has 12 heteroatoms. The van der Waals surface area contributed by atoms with Crippen LogP contribution >= 0.6 is 0 Å². The van der Waals surface area contributed by atoms with Gasteiger partial charge in [-0.05, 0) is 31.2 Å². The number of rotatable bonds is 9. The van der Waals surface area contributed by atoms with Crippen molar-refractivity contribution in [1.29, 1.82) is 0 Å². The number of aryl methyl sites for hydroxylation is 1. The Hall–Kier alpha value is -4.61. The Bertz CT molecular complexity index is 1930. The first-order valence-electron chi connectivity index (χ1n) is 13.5. The first kappa shape index (κ1) is 32.3. The van der Waals surface area contributed by atoms with Crippen LogP contribution in [-0.4, -0.2) is 81.7 Å². The first-order valence-corrected chi connectivity index (χ1v) is 14.9. The Kier molecular flexibility index (Phi) is 12.0. The number of carbonyl (C=O) groups is 1. The molecule has 0 radical (unpaired) electrons. The molecule has 6 rings (SSSR count). The number of aldehydes is 1. The summed E-state index contributed by atoms with van der Waals surface area (Å²) in [6.07, 6.45) is 4.21. The van der Waals surface area contributed by atoms with Crippen LogP contribution in [0.1, 0.15) is 16.2 Å². The fourth-order valence-electron chi connectivity index (χ4n) is 4.50. The topological polar surface area (TPSA) is 140 Å². The van der Waals surface area contributed by atoms with Gasteiger partial charge in [0, 0.05) is 66.0 Å². The van der Waals surface area contributed by atoms with Crippen LogP contribution in [0.2, 0.25) is 0 Å². The van der Waals surface area contributed by atoms with E-state index >= 15 is 0 Å². The summed E-state index contributed by atoms with van der Waals surface area (Å²) in [5, 5.41) is 3.88. The van der Waals surface area contributed by atoms with E-state index in [2.05, 4.69) is 19.9 Å². The molecule has 0 fully saturated rings. The van der Waals surface area contributed by atoms with Crippen LogP contribution in [0.25, 0.3) is 43.6 Å². The number of fused-ring (bicyclic) bond motifs is 6. The molecule has 6 aromatic rings. The van der Waals surface area contributed by atoms with Gasteiger partial charge in [-0.3, -0.25) is 19.7 Å². The maximum atomic E-state index is 11.1. The Morgan fingerprint density at radius 3 is 1.68 bits per heavy atom. The molecule has 226 valence electrons. The van der Waals surface area contributed by atoms with Crippen LogP contribution in [0.4, 0.5) is 0 Å². The zero-order valence-corrected chi connectivity index (χ0v) is 26.1. The van der Waals surface area contributed by atoms with Crippen molar-refractivity contribution in [3.05, 3.63) is 84.4 Å². The molecule has 0 aliphatic carbocycles. The van der Waals surface area contributed by atoms with Gasteiger partial charge >= 0.3 is 22.5 Å². The SMILES string of the molecule is COCCOc1cc(C)nc2c1ccc1cccnc12.COCCOc1cc(C=O)nc2c1ccc1cccnc12.O=[Se]=O. The van der Waals surface area contributed by atoms with Gasteiger partial charge in [-0.25, -0.2) is 4.98 Å². The van der Waals surface area contributed by atoms with Gasteiger partial charge in [0.15, 0.2) is 6.29 Å². The second kappa shape index (κ2) is 16.3. The second-order valence-electron chi connectivity index (χ2n) is 9.25. The van der Waals surface area contributed by atoms with Gasteiger partial charge in [0.05, 0.1) is 24.2 Å². The standard InChI is InChI=1S/C16H14N2O3.C16H16N2O2.O2Se/c1-20-7-8-21-14-9-12(10-19)18-16-13(14)5-4-11-3-2-6-17-15(11)16;1-11-10-14(20-9-8-19-2)13-6-5-12-4-3-7-17-15(12)16(13)18-11;1-3-2/h2-6,9-10H,7-8H2,1H3;3-7,10H,8-9H2,1-2H3;. The molecule has 0 saturated carbocycles. The Morgan fingerprint density at radius 1 is 0.682 bits per heavy atom. The van der Waals surface area contributed by atoms with E-state index < -0.39 is 14.8 Å². The van der Waals surface area contributed by atoms with E-state index in [-0.39, 0.29) is 0 Å². The van der Waals surface area contributed by atoms with Crippen LogP contribution in [0.3, 0.4) is 0 Å². The van der Waals surface area contributed by atoms with Crippen LogP contribution in [0.5, 0.6) is 11.5 Å². The van der Waals surface area contributed by atoms with Crippen molar-refractivity contribution in [1.82, 2.24) is 19.9 Å². The number of methoxy groups -OCH3 is 2. The van der Waals surface area contributed by atoms with Crippen molar-refractivity contribution in [3.63, 3.8) is 0 Å². The molecule has 0 N–H and O–H groups in total. The van der Waals surface area contributed by atoms with E-state index in [0.717, 1.165) is 49.5 Å². The average Bonchev–Trinajstić information content (AvgIpc) is 3.05. The van der Waals surface area contributed by atoms with E-state index in [1.807, 2.05) is 61.5 Å². The number of pyridine rings is 4. The van der Waals surface area contributed by atoms with Crippen molar-refractivity contribution in [2.45, 2.75) is 6.92 Å². The third-order valence-corrected chi connectivity index (χ3v) is 6.39. The number of hydrogen-bond acceptors (Lipinski definition) is 11. The van der Waals surface area contributed by atoms with Crippen LogP contribution < -0.4 is 9.47 Å². The van der Waals surface area contributed by atoms with Gasteiger partial charge in [-0.2, -0.15) is 0 Å². The molecule has 0 atom stereocenters. The zero-order chi connectivity index (χ0) is 31.3. The first-order chi connectivity index (χ1) is 21.5. The van der Waals surface area contributed by atoms with Gasteiger partial charge in [-0.1, -0.05) is 24.3 Å². The van der Waals surface area contributed by atoms with Crippen LogP contribution in [0.15, 0.2) is 73.1 Å². The van der Waals surface area contributed by atoms with Gasteiger partial charge in [0.1, 0.15) is 41.4 Å². The molecule has 0 unspecified atom stereocenters. The number of hydrogen-bond donors (Lipinski definition) is 0. The Balaban J connectivity index is 0.000000185. The van der Waals surface area contributed by atoms with Crippen molar-refractivity contribution in [2.75, 3.05) is 40.6 Å². The van der Waals surface area contributed by atoms with E-state index in [0.29, 0.717) is 49.7 Å². The maximum absolute atomic E-state index is 11.1. The summed E-state index contributed by atoms with van der Waals surface area (Å²) in [6, 6.07) is 19.4. The van der Waals surface area contributed by atoms with E-state index in [1.165, 1.54) is 0 Å². The van der Waals surface area contributed by atoms with Gasteiger partial charge in [-0.15, -0.1) is 0 Å². The molecule has 0 aliphatic rings. The number of aromatic nitrogens is 4. The summed E-state index contributed by atoms with van der Waals surface area (Å²) >= 11 is -1.62. The van der Waals surface area contributed by atoms with Crippen molar-refractivity contribution >= 4 is 64.7 Å². The Labute approximate surface area is 259 Å². The van der Waals surface area contributed by atoms with Crippen LogP contribution in [-0.2, 0) is 17.1 Å². The number of carbonyl (C=O) groups excluding carboxylic acids is 1. The number of nitrogens with zero attached hydrogens (tertiary/aromatic N) is 4. The third-order valence-electron chi connectivity index (χ3n) is 6.39. The number of benzene rings is 2. The average molecular weight is 662 g/mol. The zero-order valence-electron chi connectivity index (χ0n) is 24.4. The molecule has 0 amide bonds. The summed E-state index contributed by atoms with van der Waals surface area (Å²) in [7, 11) is 3.28. The molecule has 0 aliphatic heterocycles. The molecule has 2 aromatic carbocycles. The Morgan fingerprint density at radius 2 is 1.18 bits per heavy atom. The molecule has 11 nitrogen and oxygen atoms in total. The fourth-order valence-corrected chi connectivity index (χ4v) is 4.50. The monoisotopic (exact) mass is 662 g/mol. The predicted molar refractivity (Wildman–Crippen MR) is 166 cm³/mol. The molecule has 4 aromatic heterocycles. The molecular weight excluding hydrogens is 631 g/mol. The van der Waals surface area contributed by atoms with E-state index in [1.54, 1.807) is 32.7 Å². The summed E-state index contributed by atoms with van der Waals surface area (Å²) in [5.41, 5.74) is 4.47. The predicted octanol–water partition coefficient (Wildman–Crippen LogP) is 5.12. The molecule has 44 heavy (non-hydrogen) atoms. The molecule has 4 heterocycles. The van der Waals surface area contributed by atoms with Crippen molar-refractivity contribution in [3.8, 4) is 11.5 Å². The van der Waals surface area contributed by atoms with Crippen molar-refractivity contribution < 1.29 is 31.4 Å². The number of ether oxygens (including phenoxy) is 4. The minimum atomic E-state index is -1.62. The van der Waals surface area contributed by atoms with Gasteiger partial charge in [0.25, 0.3) is 0 Å². The molecule has 0 saturated heterocycles. The quantitative estimate of drug-likeness (QED) is 0.0883. The second-order valence-corrected chi connectivity index (χ2v) is 9.53. The fraction of sp³-hybridized carbons (Fsp3) is 0.219. The summed E-state index contributed by atoms with van der Waals surface area (Å²) in [6.45, 7) is 3.94. The normalized spacial score (nSPS) is 10.5.